The first-order valence-electron chi connectivity index (χ1n) is 12.1. The number of Topliss-reactive ketones (excluding diaryl/α,β-unsaturated/α-hetero) is 1. The highest BCUT2D eigenvalue weighted by Crippen LogP contribution is 2.62. The summed E-state index contributed by atoms with van der Waals surface area (Å²) in [6.07, 6.45) is 4.11. The summed E-state index contributed by atoms with van der Waals surface area (Å²) in [4.78, 5) is 24.6. The predicted molar refractivity (Wildman–Crippen MR) is 123 cm³/mol. The zero-order chi connectivity index (χ0) is 26.2. The van der Waals surface area contributed by atoms with E-state index >= 15 is 0 Å². The molecule has 0 saturated heterocycles. The van der Waals surface area contributed by atoms with E-state index in [0.29, 0.717) is 25.7 Å². The second-order valence-electron chi connectivity index (χ2n) is 9.64. The topological polar surface area (TPSA) is 86.7 Å². The van der Waals surface area contributed by atoms with Crippen LogP contribution >= 0.6 is 0 Å². The Bertz CT molecular complexity index is 1070. The summed E-state index contributed by atoms with van der Waals surface area (Å²) in [6, 6.07) is 4.32. The average molecular weight is 519 g/mol. The molecule has 4 rings (SSSR count). The fourth-order valence-electron chi connectivity index (χ4n) is 6.51. The van der Waals surface area contributed by atoms with Gasteiger partial charge in [0.05, 0.1) is 7.11 Å². The molecule has 10 heteroatoms. The fraction of sp³-hybridized carbons (Fsp3) is 0.680. The van der Waals surface area contributed by atoms with E-state index in [9.17, 15) is 31.2 Å². The fourth-order valence-corrected chi connectivity index (χ4v) is 6.97. The number of ketones is 1. The molecular formula is C25H33F3O6S. The number of carbonyl (C=O) groups excluding carboxylic acids is 2. The van der Waals surface area contributed by atoms with Gasteiger partial charge < -0.3 is 8.92 Å². The number of fused-ring (bicyclic) bond motifs is 5. The Labute approximate surface area is 204 Å². The van der Waals surface area contributed by atoms with Gasteiger partial charge in [0.15, 0.2) is 0 Å². The van der Waals surface area contributed by atoms with Crippen LogP contribution in [-0.4, -0.2) is 32.8 Å². The van der Waals surface area contributed by atoms with Crippen LogP contribution in [-0.2, 0) is 30.9 Å². The Morgan fingerprint density at radius 3 is 2.51 bits per heavy atom. The van der Waals surface area contributed by atoms with Crippen molar-refractivity contribution in [3.8, 4) is 5.75 Å². The van der Waals surface area contributed by atoms with Crippen LogP contribution in [0.2, 0.25) is 0 Å². The van der Waals surface area contributed by atoms with Crippen molar-refractivity contribution in [3.05, 3.63) is 29.3 Å². The third-order valence-corrected chi connectivity index (χ3v) is 8.96. The molecule has 2 saturated carbocycles. The number of rotatable bonds is 5. The quantitative estimate of drug-likeness (QED) is 0.289. The van der Waals surface area contributed by atoms with Gasteiger partial charge >= 0.3 is 21.6 Å². The van der Waals surface area contributed by atoms with Crippen LogP contribution in [0.15, 0.2) is 18.2 Å². The highest BCUT2D eigenvalue weighted by Gasteiger charge is 2.58. The summed E-state index contributed by atoms with van der Waals surface area (Å²) >= 11 is 0. The number of alkyl halides is 3. The molecule has 5 unspecified atom stereocenters. The number of hydrogen-bond donors (Lipinski definition) is 0. The Kier molecular flexibility index (Phi) is 7.94. The number of esters is 1. The van der Waals surface area contributed by atoms with Crippen molar-refractivity contribution in [1.29, 1.82) is 0 Å². The Balaban J connectivity index is 0.00000167. The maximum absolute atomic E-state index is 13.0. The van der Waals surface area contributed by atoms with Crippen LogP contribution in [0.5, 0.6) is 5.75 Å². The summed E-state index contributed by atoms with van der Waals surface area (Å²) in [5.41, 5.74) is -4.15. The van der Waals surface area contributed by atoms with Gasteiger partial charge in [-0.15, -0.1) is 0 Å². The first-order valence-corrected chi connectivity index (χ1v) is 13.5. The van der Waals surface area contributed by atoms with Crippen LogP contribution in [0.1, 0.15) is 76.3 Å². The van der Waals surface area contributed by atoms with Gasteiger partial charge in [0.2, 0.25) is 0 Å². The van der Waals surface area contributed by atoms with Gasteiger partial charge in [-0.3, -0.25) is 9.59 Å². The van der Waals surface area contributed by atoms with Gasteiger partial charge in [-0.2, -0.15) is 21.6 Å². The van der Waals surface area contributed by atoms with Crippen molar-refractivity contribution in [2.75, 3.05) is 7.11 Å². The predicted octanol–water partition coefficient (Wildman–Crippen LogP) is 5.55. The number of methoxy groups -OCH3 is 1. The molecule has 0 bridgehead atoms. The van der Waals surface area contributed by atoms with Crippen molar-refractivity contribution in [1.82, 2.24) is 0 Å². The van der Waals surface area contributed by atoms with Crippen LogP contribution in [0.3, 0.4) is 0 Å². The molecular weight excluding hydrogens is 485 g/mol. The standard InChI is InChI=1S/C23H27F3O6S.C2H6/c1-22-10-9-17-16-7-5-15(32-33(29,30)23(24,25)26)11-13(16)3-6-18(17)21(22)14(12-19(22)27)4-8-20(28)31-2;1-2/h5,7,11,14,17-18,21H,3-4,6,8-10,12H2,1-2H3;1-2H3. The van der Waals surface area contributed by atoms with Crippen molar-refractivity contribution in [2.24, 2.45) is 23.2 Å². The molecule has 0 amide bonds. The molecule has 1 aromatic rings. The van der Waals surface area contributed by atoms with E-state index in [1.165, 1.54) is 19.2 Å². The first kappa shape index (κ1) is 27.5. The summed E-state index contributed by atoms with van der Waals surface area (Å²) in [7, 11) is -4.38. The highest BCUT2D eigenvalue weighted by molar-refractivity contribution is 7.88. The van der Waals surface area contributed by atoms with Crippen molar-refractivity contribution >= 4 is 21.9 Å². The minimum Gasteiger partial charge on any atom is -0.469 e. The molecule has 3 aliphatic carbocycles. The molecule has 3 aliphatic rings. The molecule has 0 heterocycles. The van der Waals surface area contributed by atoms with Crippen LogP contribution < -0.4 is 4.18 Å². The van der Waals surface area contributed by atoms with Gasteiger partial charge in [0.1, 0.15) is 11.5 Å². The molecule has 0 N–H and O–H groups in total. The third-order valence-electron chi connectivity index (χ3n) is 7.98. The largest absolute Gasteiger partial charge is 0.534 e. The SMILES string of the molecule is CC.COC(=O)CCC1CC(=O)C2(C)CCC3c4ccc(OS(=O)(=O)C(F)(F)F)cc4CCC3C12. The van der Waals surface area contributed by atoms with E-state index < -0.39 is 21.0 Å². The third kappa shape index (κ3) is 5.08. The van der Waals surface area contributed by atoms with Gasteiger partial charge in [0.25, 0.3) is 0 Å². The lowest BCUT2D eigenvalue weighted by molar-refractivity contribution is -0.141. The monoisotopic (exact) mass is 518 g/mol. The molecule has 0 aliphatic heterocycles. The first-order chi connectivity index (χ1) is 16.4. The summed E-state index contributed by atoms with van der Waals surface area (Å²) in [5.74, 6) is 0.171. The minimum atomic E-state index is -5.72. The smallest absolute Gasteiger partial charge is 0.469 e. The zero-order valence-electron chi connectivity index (χ0n) is 20.5. The molecule has 0 spiro atoms. The Morgan fingerprint density at radius 2 is 1.89 bits per heavy atom. The number of carbonyl (C=O) groups is 2. The van der Waals surface area contributed by atoms with Crippen molar-refractivity contribution in [2.45, 2.75) is 77.1 Å². The highest BCUT2D eigenvalue weighted by atomic mass is 32.2. The number of hydrogen-bond acceptors (Lipinski definition) is 6. The second-order valence-corrected chi connectivity index (χ2v) is 11.2. The number of halogens is 3. The Hall–Kier alpha value is -2.10. The average Bonchev–Trinajstić information content (AvgIpc) is 3.07. The Morgan fingerprint density at radius 1 is 1.20 bits per heavy atom. The van der Waals surface area contributed by atoms with E-state index in [2.05, 4.69) is 4.18 Å². The lowest BCUT2D eigenvalue weighted by Gasteiger charge is -2.50. The van der Waals surface area contributed by atoms with Crippen LogP contribution in [0.25, 0.3) is 0 Å². The van der Waals surface area contributed by atoms with Crippen molar-refractivity contribution < 1.29 is 40.1 Å². The summed E-state index contributed by atoms with van der Waals surface area (Å²) in [5, 5.41) is 0. The van der Waals surface area contributed by atoms with E-state index in [1.54, 1.807) is 6.07 Å². The molecule has 0 aromatic heterocycles. The maximum atomic E-state index is 13.0. The molecule has 196 valence electrons. The zero-order valence-corrected chi connectivity index (χ0v) is 21.3. The molecule has 1 aromatic carbocycles. The molecule has 0 radical (unpaired) electrons. The second kappa shape index (κ2) is 10.1. The summed E-state index contributed by atoms with van der Waals surface area (Å²) in [6.45, 7) is 6.03. The molecule has 2 fully saturated rings. The van der Waals surface area contributed by atoms with E-state index in [1.807, 2.05) is 20.8 Å². The van der Waals surface area contributed by atoms with E-state index in [4.69, 9.17) is 4.74 Å². The number of ether oxygens (including phenoxy) is 1. The summed E-state index contributed by atoms with van der Waals surface area (Å²) < 4.78 is 69.8. The van der Waals surface area contributed by atoms with E-state index in [-0.39, 0.29) is 47.6 Å². The number of benzene rings is 1. The van der Waals surface area contributed by atoms with Gasteiger partial charge in [-0.1, -0.05) is 26.8 Å². The van der Waals surface area contributed by atoms with E-state index in [0.717, 1.165) is 24.0 Å². The molecule has 6 nitrogen and oxygen atoms in total. The van der Waals surface area contributed by atoms with Gasteiger partial charge in [-0.25, -0.2) is 0 Å². The lowest BCUT2D eigenvalue weighted by atomic mass is 9.54. The minimum absolute atomic E-state index is 0.0930. The van der Waals surface area contributed by atoms with Gasteiger partial charge in [0, 0.05) is 18.3 Å². The molecule has 35 heavy (non-hydrogen) atoms. The van der Waals surface area contributed by atoms with Gasteiger partial charge in [-0.05, 0) is 79.0 Å². The maximum Gasteiger partial charge on any atom is 0.534 e. The lowest BCUT2D eigenvalue weighted by Crippen LogP contribution is -2.44. The molecule has 5 atom stereocenters. The van der Waals surface area contributed by atoms with Crippen LogP contribution in [0, 0.1) is 23.2 Å². The van der Waals surface area contributed by atoms with Crippen molar-refractivity contribution in [3.63, 3.8) is 0 Å². The normalized spacial score (nSPS) is 29.7. The number of aryl methyl sites for hydroxylation is 1. The van der Waals surface area contributed by atoms with Crippen LogP contribution in [0.4, 0.5) is 13.2 Å².